The molecular formula is C12H17N3O4S. The quantitative estimate of drug-likeness (QED) is 0.633. The SMILES string of the molecule is O=[N+]([O-])c1cccc(NS(=O)(=O)CC2CCCCN2)c1. The van der Waals surface area contributed by atoms with Crippen molar-refractivity contribution in [2.75, 3.05) is 17.0 Å². The van der Waals surface area contributed by atoms with Crippen LogP contribution in [0.4, 0.5) is 11.4 Å². The van der Waals surface area contributed by atoms with Crippen LogP contribution in [0.1, 0.15) is 19.3 Å². The standard InChI is InChI=1S/C12H17N3O4S/c16-15(17)12-6-3-5-10(8-12)14-20(18,19)9-11-4-1-2-7-13-11/h3,5-6,8,11,13-14H,1-2,4,7,9H2. The second kappa shape index (κ2) is 6.19. The van der Waals surface area contributed by atoms with Gasteiger partial charge in [0.25, 0.3) is 5.69 Å². The van der Waals surface area contributed by atoms with Crippen LogP contribution in [-0.2, 0) is 10.0 Å². The number of sulfonamides is 1. The lowest BCUT2D eigenvalue weighted by molar-refractivity contribution is -0.384. The maximum Gasteiger partial charge on any atom is 0.271 e. The minimum atomic E-state index is -3.51. The molecule has 1 aliphatic rings. The third-order valence-corrected chi connectivity index (χ3v) is 4.55. The maximum absolute atomic E-state index is 12.0. The van der Waals surface area contributed by atoms with Crippen molar-refractivity contribution in [1.29, 1.82) is 0 Å². The van der Waals surface area contributed by atoms with Gasteiger partial charge in [0.15, 0.2) is 0 Å². The number of anilines is 1. The van der Waals surface area contributed by atoms with Gasteiger partial charge in [-0.05, 0) is 25.5 Å². The molecule has 0 aliphatic carbocycles. The van der Waals surface area contributed by atoms with E-state index in [1.165, 1.54) is 24.3 Å². The molecule has 1 aromatic rings. The first kappa shape index (κ1) is 14.7. The topological polar surface area (TPSA) is 101 Å². The van der Waals surface area contributed by atoms with Crippen molar-refractivity contribution in [3.8, 4) is 0 Å². The number of nitro groups is 1. The van der Waals surface area contributed by atoms with E-state index in [0.717, 1.165) is 25.8 Å². The Morgan fingerprint density at radius 2 is 2.20 bits per heavy atom. The highest BCUT2D eigenvalue weighted by atomic mass is 32.2. The molecule has 1 heterocycles. The Bertz CT molecular complexity index is 582. The number of nitro benzene ring substituents is 1. The van der Waals surface area contributed by atoms with Gasteiger partial charge < -0.3 is 5.32 Å². The minimum Gasteiger partial charge on any atom is -0.313 e. The van der Waals surface area contributed by atoms with Gasteiger partial charge in [0, 0.05) is 18.2 Å². The smallest absolute Gasteiger partial charge is 0.271 e. The molecule has 0 bridgehead atoms. The van der Waals surface area contributed by atoms with Crippen molar-refractivity contribution in [2.45, 2.75) is 25.3 Å². The molecule has 0 aromatic heterocycles. The van der Waals surface area contributed by atoms with Crippen LogP contribution in [0.3, 0.4) is 0 Å². The molecule has 0 radical (unpaired) electrons. The molecule has 1 saturated heterocycles. The van der Waals surface area contributed by atoms with E-state index in [2.05, 4.69) is 10.0 Å². The first-order valence-corrected chi connectivity index (χ1v) is 8.10. The summed E-state index contributed by atoms with van der Waals surface area (Å²) in [5.41, 5.74) is 0.0796. The van der Waals surface area contributed by atoms with Gasteiger partial charge in [-0.15, -0.1) is 0 Å². The molecule has 0 saturated carbocycles. The van der Waals surface area contributed by atoms with Gasteiger partial charge in [-0.2, -0.15) is 0 Å². The number of nitrogens with zero attached hydrogens (tertiary/aromatic N) is 1. The van der Waals surface area contributed by atoms with Gasteiger partial charge in [-0.1, -0.05) is 12.5 Å². The van der Waals surface area contributed by atoms with E-state index in [0.29, 0.717) is 0 Å². The zero-order valence-corrected chi connectivity index (χ0v) is 11.7. The molecule has 1 unspecified atom stereocenters. The van der Waals surface area contributed by atoms with E-state index in [1.54, 1.807) is 0 Å². The Kier molecular flexibility index (Phi) is 4.56. The van der Waals surface area contributed by atoms with Crippen LogP contribution >= 0.6 is 0 Å². The lowest BCUT2D eigenvalue weighted by atomic mass is 10.1. The predicted molar refractivity (Wildman–Crippen MR) is 76.1 cm³/mol. The molecule has 8 heteroatoms. The second-order valence-electron chi connectivity index (χ2n) is 4.84. The van der Waals surface area contributed by atoms with Crippen LogP contribution in [0, 0.1) is 10.1 Å². The van der Waals surface area contributed by atoms with Gasteiger partial charge in [0.1, 0.15) is 0 Å². The fraction of sp³-hybridized carbons (Fsp3) is 0.500. The Morgan fingerprint density at radius 3 is 2.85 bits per heavy atom. The summed E-state index contributed by atoms with van der Waals surface area (Å²) in [5, 5.41) is 13.8. The molecule has 0 amide bonds. The summed E-state index contributed by atoms with van der Waals surface area (Å²) in [6, 6.07) is 5.43. The number of nitrogens with one attached hydrogen (secondary N) is 2. The number of benzene rings is 1. The van der Waals surface area contributed by atoms with Crippen molar-refractivity contribution >= 4 is 21.4 Å². The average Bonchev–Trinajstić information content (AvgIpc) is 2.39. The van der Waals surface area contributed by atoms with Crippen molar-refractivity contribution in [3.05, 3.63) is 34.4 Å². The Balaban J connectivity index is 2.03. The van der Waals surface area contributed by atoms with E-state index in [4.69, 9.17) is 0 Å². The summed E-state index contributed by atoms with van der Waals surface area (Å²) in [4.78, 5) is 10.1. The van der Waals surface area contributed by atoms with Gasteiger partial charge in [0.05, 0.1) is 16.4 Å². The molecule has 20 heavy (non-hydrogen) atoms. The van der Waals surface area contributed by atoms with E-state index in [-0.39, 0.29) is 23.2 Å². The van der Waals surface area contributed by atoms with Crippen molar-refractivity contribution in [3.63, 3.8) is 0 Å². The fourth-order valence-electron chi connectivity index (χ4n) is 2.24. The molecule has 1 aliphatic heterocycles. The highest BCUT2D eigenvalue weighted by Gasteiger charge is 2.21. The highest BCUT2D eigenvalue weighted by molar-refractivity contribution is 7.92. The number of rotatable bonds is 5. The molecule has 110 valence electrons. The van der Waals surface area contributed by atoms with Crippen molar-refractivity contribution in [1.82, 2.24) is 5.32 Å². The van der Waals surface area contributed by atoms with E-state index >= 15 is 0 Å². The number of non-ortho nitro benzene ring substituents is 1. The third-order valence-electron chi connectivity index (χ3n) is 3.16. The van der Waals surface area contributed by atoms with Crippen LogP contribution in [0.15, 0.2) is 24.3 Å². The number of piperidine rings is 1. The lowest BCUT2D eigenvalue weighted by Crippen LogP contribution is -2.40. The van der Waals surface area contributed by atoms with Gasteiger partial charge in [-0.3, -0.25) is 14.8 Å². The molecule has 1 atom stereocenters. The first-order chi connectivity index (χ1) is 9.46. The highest BCUT2D eigenvalue weighted by Crippen LogP contribution is 2.19. The summed E-state index contributed by atoms with van der Waals surface area (Å²) >= 11 is 0. The van der Waals surface area contributed by atoms with Crippen LogP contribution in [0.5, 0.6) is 0 Å². The molecule has 1 aromatic carbocycles. The summed E-state index contributed by atoms with van der Waals surface area (Å²) in [7, 11) is -3.51. The molecular weight excluding hydrogens is 282 g/mol. The van der Waals surface area contributed by atoms with Gasteiger partial charge >= 0.3 is 0 Å². The van der Waals surface area contributed by atoms with Crippen molar-refractivity contribution in [2.24, 2.45) is 0 Å². The molecule has 1 fully saturated rings. The van der Waals surface area contributed by atoms with E-state index < -0.39 is 14.9 Å². The first-order valence-electron chi connectivity index (χ1n) is 6.44. The summed E-state index contributed by atoms with van der Waals surface area (Å²) in [6.07, 6.45) is 2.91. The zero-order valence-electron chi connectivity index (χ0n) is 10.9. The summed E-state index contributed by atoms with van der Waals surface area (Å²) < 4.78 is 26.4. The second-order valence-corrected chi connectivity index (χ2v) is 6.60. The summed E-state index contributed by atoms with van der Waals surface area (Å²) in [5.74, 6) is -0.0182. The van der Waals surface area contributed by atoms with Crippen LogP contribution in [0.2, 0.25) is 0 Å². The van der Waals surface area contributed by atoms with Crippen LogP contribution in [-0.4, -0.2) is 31.7 Å². The molecule has 0 spiro atoms. The van der Waals surface area contributed by atoms with Crippen molar-refractivity contribution < 1.29 is 13.3 Å². The van der Waals surface area contributed by atoms with E-state index in [1.807, 2.05) is 0 Å². The van der Waals surface area contributed by atoms with Gasteiger partial charge in [-0.25, -0.2) is 8.42 Å². The molecule has 2 N–H and O–H groups in total. The monoisotopic (exact) mass is 299 g/mol. The zero-order chi connectivity index (χ0) is 14.6. The predicted octanol–water partition coefficient (Wildman–Crippen LogP) is 1.48. The van der Waals surface area contributed by atoms with E-state index in [9.17, 15) is 18.5 Å². The maximum atomic E-state index is 12.0. The number of hydrogen-bond acceptors (Lipinski definition) is 5. The minimum absolute atomic E-state index is 0.0182. The Labute approximate surface area is 117 Å². The van der Waals surface area contributed by atoms with Gasteiger partial charge in [0.2, 0.25) is 10.0 Å². The average molecular weight is 299 g/mol. The molecule has 7 nitrogen and oxygen atoms in total. The number of hydrogen-bond donors (Lipinski definition) is 2. The largest absolute Gasteiger partial charge is 0.313 e. The van der Waals surface area contributed by atoms with Crippen LogP contribution in [0.25, 0.3) is 0 Å². The third kappa shape index (κ3) is 4.17. The molecule has 2 rings (SSSR count). The Morgan fingerprint density at radius 1 is 1.40 bits per heavy atom. The normalized spacial score (nSPS) is 19.5. The van der Waals surface area contributed by atoms with Crippen LogP contribution < -0.4 is 10.0 Å². The lowest BCUT2D eigenvalue weighted by Gasteiger charge is -2.23. The fourth-order valence-corrected chi connectivity index (χ4v) is 3.62. The summed E-state index contributed by atoms with van der Waals surface area (Å²) in [6.45, 7) is 0.830. The Hall–Kier alpha value is -1.67.